The van der Waals surface area contributed by atoms with Crippen molar-refractivity contribution in [3.63, 3.8) is 0 Å². The first-order valence-electron chi connectivity index (χ1n) is 8.06. The van der Waals surface area contributed by atoms with Crippen LogP contribution in [0.3, 0.4) is 0 Å². The molecule has 0 bridgehead atoms. The van der Waals surface area contributed by atoms with Gasteiger partial charge in [-0.3, -0.25) is 0 Å². The molecule has 18 heavy (non-hydrogen) atoms. The molecule has 0 spiro atoms. The van der Waals surface area contributed by atoms with Gasteiger partial charge in [0.15, 0.2) is 0 Å². The van der Waals surface area contributed by atoms with Gasteiger partial charge in [0.2, 0.25) is 0 Å². The summed E-state index contributed by atoms with van der Waals surface area (Å²) < 4.78 is 0. The SMILES string of the molecule is CC(C)C.CC1(C)CC1.CC1(C)CCC1.CCC. The first-order chi connectivity index (χ1) is 8.06. The first kappa shape index (κ1) is 20.3. The van der Waals surface area contributed by atoms with Crippen LogP contribution in [0.2, 0.25) is 0 Å². The van der Waals surface area contributed by atoms with Gasteiger partial charge in [-0.2, -0.15) is 0 Å². The molecule has 2 aliphatic rings. The Morgan fingerprint density at radius 3 is 0.833 bits per heavy atom. The molecule has 2 fully saturated rings. The summed E-state index contributed by atoms with van der Waals surface area (Å²) in [4.78, 5) is 0. The van der Waals surface area contributed by atoms with Crippen LogP contribution in [0.1, 0.15) is 101 Å². The first-order valence-corrected chi connectivity index (χ1v) is 8.06. The van der Waals surface area contributed by atoms with E-state index in [0.29, 0.717) is 0 Å². The van der Waals surface area contributed by atoms with E-state index >= 15 is 0 Å². The van der Waals surface area contributed by atoms with E-state index in [-0.39, 0.29) is 0 Å². The van der Waals surface area contributed by atoms with Crippen molar-refractivity contribution in [1.82, 2.24) is 0 Å². The zero-order valence-corrected chi connectivity index (χ0v) is 14.8. The summed E-state index contributed by atoms with van der Waals surface area (Å²) in [6.07, 6.45) is 8.52. The summed E-state index contributed by atoms with van der Waals surface area (Å²) in [6, 6.07) is 0. The van der Waals surface area contributed by atoms with Gasteiger partial charge in [0.25, 0.3) is 0 Å². The van der Waals surface area contributed by atoms with Gasteiger partial charge in [-0.15, -0.1) is 0 Å². The van der Waals surface area contributed by atoms with E-state index in [4.69, 9.17) is 0 Å². The van der Waals surface area contributed by atoms with Crippen LogP contribution < -0.4 is 0 Å². The van der Waals surface area contributed by atoms with Crippen LogP contribution in [0.15, 0.2) is 0 Å². The largest absolute Gasteiger partial charge is 0.0656 e. The third-order valence-corrected chi connectivity index (χ3v) is 2.96. The zero-order chi connectivity index (χ0) is 14.8. The van der Waals surface area contributed by atoms with Crippen LogP contribution in [0.4, 0.5) is 0 Å². The summed E-state index contributed by atoms with van der Waals surface area (Å²) in [5.74, 6) is 0.833. The minimum absolute atomic E-state index is 0.722. The number of hydrogen-bond donors (Lipinski definition) is 0. The lowest BCUT2D eigenvalue weighted by Gasteiger charge is -2.33. The van der Waals surface area contributed by atoms with E-state index in [1.807, 2.05) is 0 Å². The third kappa shape index (κ3) is 21.3. The number of hydrogen-bond acceptors (Lipinski definition) is 0. The smallest absolute Gasteiger partial charge is 0.0354 e. The summed E-state index contributed by atoms with van der Waals surface area (Å²) in [5, 5.41) is 0. The molecule has 0 saturated heterocycles. The molecule has 0 aromatic heterocycles. The van der Waals surface area contributed by atoms with Crippen LogP contribution in [-0.4, -0.2) is 0 Å². The normalized spacial score (nSPS) is 21.0. The topological polar surface area (TPSA) is 0 Å². The van der Waals surface area contributed by atoms with Crippen molar-refractivity contribution in [2.75, 3.05) is 0 Å². The molecule has 0 radical (unpaired) electrons. The lowest BCUT2D eigenvalue weighted by atomic mass is 9.72. The van der Waals surface area contributed by atoms with Crippen molar-refractivity contribution in [2.24, 2.45) is 16.7 Å². The number of rotatable bonds is 0. The van der Waals surface area contributed by atoms with Gasteiger partial charge in [0, 0.05) is 0 Å². The standard InChI is InChI=1S/C6H12.C5H10.C4H10.C3H8/c1-6(2)4-3-5-6;1-5(2)3-4-5;1-4(2)3;1-3-2/h3-5H2,1-2H3;3-4H2,1-2H3;4H,1-3H3;3H2,1-2H3. The van der Waals surface area contributed by atoms with Gasteiger partial charge in [-0.1, -0.05) is 75.2 Å². The minimum atomic E-state index is 0.722. The van der Waals surface area contributed by atoms with E-state index < -0.39 is 0 Å². The second-order valence-corrected chi connectivity index (χ2v) is 8.12. The molecule has 0 atom stereocenters. The lowest BCUT2D eigenvalue weighted by Crippen LogP contribution is -2.20. The Labute approximate surface area is 118 Å². The predicted molar refractivity (Wildman–Crippen MR) is 87.1 cm³/mol. The van der Waals surface area contributed by atoms with Crippen molar-refractivity contribution in [1.29, 1.82) is 0 Å². The van der Waals surface area contributed by atoms with Crippen molar-refractivity contribution in [2.45, 2.75) is 101 Å². The second-order valence-electron chi connectivity index (χ2n) is 8.12. The van der Waals surface area contributed by atoms with Crippen LogP contribution in [0.5, 0.6) is 0 Å². The molecular formula is C18H40. The van der Waals surface area contributed by atoms with Gasteiger partial charge in [-0.05, 0) is 42.4 Å². The molecule has 0 N–H and O–H groups in total. The highest BCUT2D eigenvalue weighted by Gasteiger charge is 2.30. The van der Waals surface area contributed by atoms with Crippen molar-refractivity contribution < 1.29 is 0 Å². The molecule has 0 aromatic carbocycles. The van der Waals surface area contributed by atoms with Crippen LogP contribution in [0, 0.1) is 16.7 Å². The molecule has 0 heteroatoms. The van der Waals surface area contributed by atoms with E-state index in [1.165, 1.54) is 38.5 Å². The zero-order valence-electron chi connectivity index (χ0n) is 14.8. The molecular weight excluding hydrogens is 216 g/mol. The van der Waals surface area contributed by atoms with E-state index in [2.05, 4.69) is 62.3 Å². The predicted octanol–water partition coefficient (Wildman–Crippen LogP) is 7.08. The lowest BCUT2D eigenvalue weighted by molar-refractivity contribution is 0.190. The van der Waals surface area contributed by atoms with Gasteiger partial charge >= 0.3 is 0 Å². The maximum absolute atomic E-state index is 2.33. The molecule has 2 aliphatic carbocycles. The van der Waals surface area contributed by atoms with Crippen molar-refractivity contribution in [3.05, 3.63) is 0 Å². The fourth-order valence-electron chi connectivity index (χ4n) is 1.13. The maximum Gasteiger partial charge on any atom is -0.0354 e. The highest BCUT2D eigenvalue weighted by molar-refractivity contribution is 4.82. The van der Waals surface area contributed by atoms with Crippen LogP contribution >= 0.6 is 0 Å². The molecule has 0 aromatic rings. The fraction of sp³-hybridized carbons (Fsp3) is 1.00. The summed E-state index contributed by atoms with van der Waals surface area (Å²) in [6.45, 7) is 20.0. The second kappa shape index (κ2) is 9.87. The van der Waals surface area contributed by atoms with Gasteiger partial charge in [0.1, 0.15) is 0 Å². The average Bonchev–Trinajstić information content (AvgIpc) is 2.80. The Hall–Kier alpha value is 0. The third-order valence-electron chi connectivity index (χ3n) is 2.96. The quantitative estimate of drug-likeness (QED) is 0.434. The van der Waals surface area contributed by atoms with Gasteiger partial charge in [0.05, 0.1) is 0 Å². The highest BCUT2D eigenvalue weighted by Crippen LogP contribution is 2.43. The highest BCUT2D eigenvalue weighted by atomic mass is 14.4. The van der Waals surface area contributed by atoms with E-state index in [9.17, 15) is 0 Å². The van der Waals surface area contributed by atoms with Gasteiger partial charge in [-0.25, -0.2) is 0 Å². The summed E-state index contributed by atoms with van der Waals surface area (Å²) >= 11 is 0. The van der Waals surface area contributed by atoms with Crippen molar-refractivity contribution >= 4 is 0 Å². The Morgan fingerprint density at radius 2 is 0.833 bits per heavy atom. The van der Waals surface area contributed by atoms with Crippen LogP contribution in [-0.2, 0) is 0 Å². The summed E-state index contributed by atoms with van der Waals surface area (Å²) in [5.41, 5.74) is 1.47. The Balaban J connectivity index is 0. The maximum atomic E-state index is 2.33. The van der Waals surface area contributed by atoms with Crippen molar-refractivity contribution in [3.8, 4) is 0 Å². The molecule has 112 valence electrons. The Kier molecular flexibility index (Phi) is 11.1. The minimum Gasteiger partial charge on any atom is -0.0656 e. The average molecular weight is 257 g/mol. The Bertz CT molecular complexity index is 160. The Morgan fingerprint density at radius 1 is 0.722 bits per heavy atom. The fourth-order valence-corrected chi connectivity index (χ4v) is 1.13. The molecule has 0 unspecified atom stereocenters. The molecule has 0 aliphatic heterocycles. The molecule has 2 saturated carbocycles. The molecule has 0 heterocycles. The van der Waals surface area contributed by atoms with Gasteiger partial charge < -0.3 is 0 Å². The summed E-state index contributed by atoms with van der Waals surface area (Å²) in [7, 11) is 0. The monoisotopic (exact) mass is 256 g/mol. The molecule has 2 rings (SSSR count). The molecule has 0 amide bonds. The molecule has 0 nitrogen and oxygen atoms in total. The van der Waals surface area contributed by atoms with E-state index in [1.54, 1.807) is 0 Å². The van der Waals surface area contributed by atoms with Crippen LogP contribution in [0.25, 0.3) is 0 Å². The van der Waals surface area contributed by atoms with E-state index in [0.717, 1.165) is 16.7 Å².